The summed E-state index contributed by atoms with van der Waals surface area (Å²) in [6, 6.07) is 23.5. The van der Waals surface area contributed by atoms with Gasteiger partial charge in [-0.3, -0.25) is 4.79 Å². The molecule has 0 spiro atoms. The predicted molar refractivity (Wildman–Crippen MR) is 108 cm³/mol. The van der Waals surface area contributed by atoms with Crippen LogP contribution in [-0.2, 0) is 17.9 Å². The molecule has 0 aliphatic carbocycles. The van der Waals surface area contributed by atoms with Crippen LogP contribution in [0.5, 0.6) is 0 Å². The highest BCUT2D eigenvalue weighted by Gasteiger charge is 2.09. The number of amides is 1. The molecule has 0 saturated carbocycles. The van der Waals surface area contributed by atoms with Gasteiger partial charge in [-0.1, -0.05) is 60.1 Å². The number of para-hydroxylation sites is 2. The van der Waals surface area contributed by atoms with E-state index in [1.165, 1.54) is 0 Å². The van der Waals surface area contributed by atoms with Gasteiger partial charge < -0.3 is 9.88 Å². The van der Waals surface area contributed by atoms with E-state index in [2.05, 4.69) is 10.3 Å². The molecule has 0 fully saturated rings. The standard InChI is InChI=1S/C22H18ClN3O/c23-18-11-9-16(10-12-18)19-6-2-1-5-17(19)13-24-22(27)14-26-15-25-20-7-3-4-8-21(20)26/h1-12,15H,13-14H2,(H,24,27). The van der Waals surface area contributed by atoms with Gasteiger partial charge in [0, 0.05) is 11.6 Å². The molecule has 0 aliphatic heterocycles. The van der Waals surface area contributed by atoms with Gasteiger partial charge in [0.05, 0.1) is 17.4 Å². The van der Waals surface area contributed by atoms with Crippen molar-refractivity contribution in [3.8, 4) is 11.1 Å². The van der Waals surface area contributed by atoms with Crippen LogP contribution < -0.4 is 5.32 Å². The van der Waals surface area contributed by atoms with Gasteiger partial charge in [-0.15, -0.1) is 0 Å². The van der Waals surface area contributed by atoms with Gasteiger partial charge in [0.15, 0.2) is 0 Å². The minimum Gasteiger partial charge on any atom is -0.350 e. The third-order valence-corrected chi connectivity index (χ3v) is 4.74. The van der Waals surface area contributed by atoms with Gasteiger partial charge >= 0.3 is 0 Å². The van der Waals surface area contributed by atoms with E-state index >= 15 is 0 Å². The Hall–Kier alpha value is -3.11. The van der Waals surface area contributed by atoms with Gasteiger partial charge in [0.1, 0.15) is 6.54 Å². The average molecular weight is 376 g/mol. The fourth-order valence-electron chi connectivity index (χ4n) is 3.13. The van der Waals surface area contributed by atoms with Gasteiger partial charge in [0.2, 0.25) is 5.91 Å². The quantitative estimate of drug-likeness (QED) is 0.550. The number of aromatic nitrogens is 2. The Balaban J connectivity index is 1.47. The third-order valence-electron chi connectivity index (χ3n) is 4.49. The second kappa shape index (κ2) is 7.64. The van der Waals surface area contributed by atoms with Crippen molar-refractivity contribution in [1.29, 1.82) is 0 Å². The third kappa shape index (κ3) is 3.86. The number of carbonyl (C=O) groups excluding carboxylic acids is 1. The maximum absolute atomic E-state index is 12.4. The molecule has 1 aromatic heterocycles. The van der Waals surface area contributed by atoms with Crippen molar-refractivity contribution in [3.05, 3.63) is 89.7 Å². The number of nitrogens with zero attached hydrogens (tertiary/aromatic N) is 2. The minimum atomic E-state index is -0.0518. The second-order valence-electron chi connectivity index (χ2n) is 6.30. The maximum atomic E-state index is 12.4. The summed E-state index contributed by atoms with van der Waals surface area (Å²) >= 11 is 5.99. The first-order valence-electron chi connectivity index (χ1n) is 8.71. The summed E-state index contributed by atoms with van der Waals surface area (Å²) < 4.78 is 1.86. The molecule has 0 radical (unpaired) electrons. The lowest BCUT2D eigenvalue weighted by Gasteiger charge is -2.12. The summed E-state index contributed by atoms with van der Waals surface area (Å²) in [5.74, 6) is -0.0518. The van der Waals surface area contributed by atoms with Crippen LogP contribution in [0.15, 0.2) is 79.1 Å². The second-order valence-corrected chi connectivity index (χ2v) is 6.74. The van der Waals surface area contributed by atoms with Crippen LogP contribution in [0, 0.1) is 0 Å². The largest absolute Gasteiger partial charge is 0.350 e. The molecule has 1 N–H and O–H groups in total. The molecule has 5 heteroatoms. The highest BCUT2D eigenvalue weighted by molar-refractivity contribution is 6.30. The van der Waals surface area contributed by atoms with Gasteiger partial charge in [-0.2, -0.15) is 0 Å². The van der Waals surface area contributed by atoms with E-state index < -0.39 is 0 Å². The van der Waals surface area contributed by atoms with Crippen molar-refractivity contribution in [3.63, 3.8) is 0 Å². The van der Waals surface area contributed by atoms with Crippen molar-refractivity contribution in [2.45, 2.75) is 13.1 Å². The van der Waals surface area contributed by atoms with Gasteiger partial charge in [0.25, 0.3) is 0 Å². The van der Waals surface area contributed by atoms with E-state index in [0.29, 0.717) is 11.6 Å². The zero-order chi connectivity index (χ0) is 18.6. The van der Waals surface area contributed by atoms with Crippen molar-refractivity contribution >= 4 is 28.5 Å². The number of imidazole rings is 1. The van der Waals surface area contributed by atoms with Crippen molar-refractivity contribution in [2.24, 2.45) is 0 Å². The summed E-state index contributed by atoms with van der Waals surface area (Å²) in [5.41, 5.74) is 5.06. The predicted octanol–water partition coefficient (Wildman–Crippen LogP) is 4.67. The highest BCUT2D eigenvalue weighted by Crippen LogP contribution is 2.25. The molecule has 0 aliphatic rings. The summed E-state index contributed by atoms with van der Waals surface area (Å²) in [6.07, 6.45) is 1.70. The Morgan fingerprint density at radius 2 is 1.70 bits per heavy atom. The molecule has 27 heavy (non-hydrogen) atoms. The lowest BCUT2D eigenvalue weighted by atomic mass is 10.00. The summed E-state index contributed by atoms with van der Waals surface area (Å²) in [6.45, 7) is 0.702. The van der Waals surface area contributed by atoms with E-state index in [9.17, 15) is 4.79 Å². The fourth-order valence-corrected chi connectivity index (χ4v) is 3.25. The molecule has 4 rings (SSSR count). The van der Waals surface area contributed by atoms with E-state index in [1.54, 1.807) is 6.33 Å². The molecule has 1 amide bonds. The van der Waals surface area contributed by atoms with Crippen molar-refractivity contribution in [2.75, 3.05) is 0 Å². The number of nitrogens with one attached hydrogen (secondary N) is 1. The zero-order valence-corrected chi connectivity index (χ0v) is 15.4. The molecule has 4 aromatic rings. The van der Waals surface area contributed by atoms with Crippen LogP contribution in [0.1, 0.15) is 5.56 Å². The molecule has 4 nitrogen and oxygen atoms in total. The Kier molecular flexibility index (Phi) is 4.90. The monoisotopic (exact) mass is 375 g/mol. The first-order chi connectivity index (χ1) is 13.2. The Bertz CT molecular complexity index is 1090. The number of halogens is 1. The summed E-state index contributed by atoms with van der Waals surface area (Å²) in [5, 5.41) is 3.72. The number of benzene rings is 3. The Morgan fingerprint density at radius 3 is 2.56 bits per heavy atom. The Morgan fingerprint density at radius 1 is 0.963 bits per heavy atom. The Labute approximate surface area is 162 Å². The van der Waals surface area contributed by atoms with Crippen LogP contribution >= 0.6 is 11.6 Å². The minimum absolute atomic E-state index is 0.0518. The van der Waals surface area contributed by atoms with Crippen LogP contribution in [0.25, 0.3) is 22.2 Å². The lowest BCUT2D eigenvalue weighted by Crippen LogP contribution is -2.27. The number of hydrogen-bond donors (Lipinski definition) is 1. The van der Waals surface area contributed by atoms with Crippen molar-refractivity contribution in [1.82, 2.24) is 14.9 Å². The smallest absolute Gasteiger partial charge is 0.240 e. The summed E-state index contributed by atoms with van der Waals surface area (Å²) in [7, 11) is 0. The first-order valence-corrected chi connectivity index (χ1v) is 9.09. The first kappa shape index (κ1) is 17.3. The zero-order valence-electron chi connectivity index (χ0n) is 14.6. The topological polar surface area (TPSA) is 46.9 Å². The lowest BCUT2D eigenvalue weighted by molar-refractivity contribution is -0.121. The van der Waals surface area contributed by atoms with E-state index in [-0.39, 0.29) is 12.5 Å². The van der Waals surface area contributed by atoms with Crippen LogP contribution in [-0.4, -0.2) is 15.5 Å². The van der Waals surface area contributed by atoms with E-state index in [0.717, 1.165) is 27.7 Å². The molecule has 0 bridgehead atoms. The molecular formula is C22H18ClN3O. The van der Waals surface area contributed by atoms with Crippen LogP contribution in [0.3, 0.4) is 0 Å². The fraction of sp³-hybridized carbons (Fsp3) is 0.0909. The van der Waals surface area contributed by atoms with Gasteiger partial charge in [-0.25, -0.2) is 4.98 Å². The normalized spacial score (nSPS) is 10.9. The molecule has 0 saturated heterocycles. The molecular weight excluding hydrogens is 358 g/mol. The number of carbonyl (C=O) groups is 1. The molecule has 134 valence electrons. The summed E-state index contributed by atoms with van der Waals surface area (Å²) in [4.78, 5) is 16.8. The molecule has 0 unspecified atom stereocenters. The van der Waals surface area contributed by atoms with Crippen LogP contribution in [0.2, 0.25) is 5.02 Å². The SMILES string of the molecule is O=C(Cn1cnc2ccccc21)NCc1ccccc1-c1ccc(Cl)cc1. The molecule has 3 aromatic carbocycles. The average Bonchev–Trinajstić information content (AvgIpc) is 3.10. The number of fused-ring (bicyclic) bond motifs is 1. The van der Waals surface area contributed by atoms with E-state index in [1.807, 2.05) is 77.4 Å². The molecule has 1 heterocycles. The highest BCUT2D eigenvalue weighted by atomic mass is 35.5. The van der Waals surface area contributed by atoms with Crippen LogP contribution in [0.4, 0.5) is 0 Å². The number of rotatable bonds is 5. The number of hydrogen-bond acceptors (Lipinski definition) is 2. The van der Waals surface area contributed by atoms with Crippen molar-refractivity contribution < 1.29 is 4.79 Å². The maximum Gasteiger partial charge on any atom is 0.240 e. The van der Waals surface area contributed by atoms with Gasteiger partial charge in [-0.05, 0) is 41.0 Å². The van der Waals surface area contributed by atoms with E-state index in [4.69, 9.17) is 11.6 Å². The molecule has 0 atom stereocenters.